The summed E-state index contributed by atoms with van der Waals surface area (Å²) in [5.41, 5.74) is -0.586. The normalized spacial score (nSPS) is 20.7. The third kappa shape index (κ3) is 7.81. The number of likely N-dealkylation sites (N-methyl/N-ethyl adjacent to an activating group) is 2. The van der Waals surface area contributed by atoms with Crippen LogP contribution in [0.2, 0.25) is 0 Å². The highest BCUT2D eigenvalue weighted by Crippen LogP contribution is 2.31. The molecule has 0 bridgehead atoms. The van der Waals surface area contributed by atoms with Gasteiger partial charge in [0.05, 0.1) is 25.7 Å². The van der Waals surface area contributed by atoms with Gasteiger partial charge < -0.3 is 24.6 Å². The van der Waals surface area contributed by atoms with Gasteiger partial charge in [0.1, 0.15) is 0 Å². The van der Waals surface area contributed by atoms with Crippen LogP contribution in [0.4, 0.5) is 13.2 Å². The van der Waals surface area contributed by atoms with Crippen molar-refractivity contribution in [3.8, 4) is 0 Å². The molecule has 6 nitrogen and oxygen atoms in total. The molecular formula is C22H32F3N3O3. The summed E-state index contributed by atoms with van der Waals surface area (Å²) in [6.45, 7) is 3.54. The first-order chi connectivity index (χ1) is 14.5. The van der Waals surface area contributed by atoms with E-state index >= 15 is 0 Å². The number of amides is 1. The van der Waals surface area contributed by atoms with Crippen LogP contribution < -0.4 is 10.0 Å². The number of hydrogen-bond acceptors (Lipinski definition) is 4. The van der Waals surface area contributed by atoms with Crippen molar-refractivity contribution in [3.63, 3.8) is 0 Å². The van der Waals surface area contributed by atoms with Gasteiger partial charge in [0.15, 0.2) is 0 Å². The molecule has 1 heterocycles. The number of likely N-dealkylation sites (tertiary alicyclic amines) is 1. The number of quaternary nitrogens is 1. The molecule has 1 aliphatic rings. The molecule has 1 saturated heterocycles. The van der Waals surface area contributed by atoms with E-state index in [4.69, 9.17) is 0 Å². The van der Waals surface area contributed by atoms with Crippen molar-refractivity contribution >= 4 is 11.9 Å². The Morgan fingerprint density at radius 2 is 1.81 bits per heavy atom. The molecule has 31 heavy (non-hydrogen) atoms. The van der Waals surface area contributed by atoms with Crippen LogP contribution in [0.15, 0.2) is 24.3 Å². The maximum atomic E-state index is 12.9. The van der Waals surface area contributed by atoms with Crippen molar-refractivity contribution < 1.29 is 32.8 Å². The molecule has 0 radical (unpaired) electrons. The van der Waals surface area contributed by atoms with Crippen molar-refractivity contribution in [3.05, 3.63) is 35.4 Å². The number of hydrogen-bond donors (Lipinski definition) is 1. The predicted octanol–water partition coefficient (Wildman–Crippen LogP) is 0.390. The number of nitrogens with zero attached hydrogens (tertiary/aromatic N) is 2. The molecule has 2 rings (SSSR count). The van der Waals surface area contributed by atoms with Gasteiger partial charge in [-0.25, -0.2) is 0 Å². The van der Waals surface area contributed by atoms with Crippen LogP contribution in [0, 0.1) is 11.8 Å². The Hall–Kier alpha value is -2.13. The summed E-state index contributed by atoms with van der Waals surface area (Å²) in [6, 6.07) is 4.23. The molecule has 0 spiro atoms. The van der Waals surface area contributed by atoms with E-state index in [-0.39, 0.29) is 29.7 Å². The summed E-state index contributed by atoms with van der Waals surface area (Å²) in [6.07, 6.45) is -3.17. The zero-order valence-electron chi connectivity index (χ0n) is 18.4. The molecule has 1 N–H and O–H groups in total. The molecule has 1 aromatic rings. The summed E-state index contributed by atoms with van der Waals surface area (Å²) >= 11 is 0. The smallest absolute Gasteiger partial charge is 0.416 e. The number of carbonyl (C=O) groups is 2. The van der Waals surface area contributed by atoms with E-state index in [0.29, 0.717) is 19.5 Å². The number of carboxylic acid groups (broad SMARTS) is 1. The SMILES string of the molecule is CN(C)CC[NH+](C)CC[C@H]1CN(C(=O)c2ccc(C(F)(F)F)cc2)CC[C@H]1CC(=O)[O-]. The monoisotopic (exact) mass is 443 g/mol. The molecule has 1 unspecified atom stereocenters. The molecule has 0 saturated carbocycles. The van der Waals surface area contributed by atoms with Crippen LogP contribution in [-0.4, -0.2) is 75.5 Å². The van der Waals surface area contributed by atoms with Gasteiger partial charge in [0.25, 0.3) is 5.91 Å². The van der Waals surface area contributed by atoms with Crippen molar-refractivity contribution in [1.82, 2.24) is 9.80 Å². The third-order valence-corrected chi connectivity index (χ3v) is 5.99. The van der Waals surface area contributed by atoms with Gasteiger partial charge in [-0.15, -0.1) is 0 Å². The Balaban J connectivity index is 2.03. The van der Waals surface area contributed by atoms with E-state index in [1.54, 1.807) is 4.90 Å². The topological polar surface area (TPSA) is 68.1 Å². The Bertz CT molecular complexity index is 738. The molecule has 174 valence electrons. The molecule has 3 atom stereocenters. The number of alkyl halides is 3. The minimum Gasteiger partial charge on any atom is -0.550 e. The van der Waals surface area contributed by atoms with Crippen molar-refractivity contribution in [1.29, 1.82) is 0 Å². The molecule has 1 aromatic carbocycles. The number of benzene rings is 1. The van der Waals surface area contributed by atoms with E-state index in [1.807, 2.05) is 14.1 Å². The van der Waals surface area contributed by atoms with Gasteiger partial charge in [-0.05, 0) is 63.0 Å². The third-order valence-electron chi connectivity index (χ3n) is 5.99. The summed E-state index contributed by atoms with van der Waals surface area (Å²) in [5.74, 6) is -1.47. The number of rotatable bonds is 9. The van der Waals surface area contributed by atoms with E-state index in [2.05, 4.69) is 11.9 Å². The van der Waals surface area contributed by atoms with Gasteiger partial charge in [0.2, 0.25) is 0 Å². The van der Waals surface area contributed by atoms with E-state index in [0.717, 1.165) is 38.2 Å². The van der Waals surface area contributed by atoms with Crippen molar-refractivity contribution in [2.24, 2.45) is 11.8 Å². The highest BCUT2D eigenvalue weighted by molar-refractivity contribution is 5.94. The standard InChI is InChI=1S/C22H32F3N3O3/c1-26(2)12-13-27(3)10-8-18-15-28(11-9-17(18)14-20(29)30)21(31)16-4-6-19(7-5-16)22(23,24)25/h4-7,17-18H,8-15H2,1-3H3,(H,29,30)/t17-,18-/m0/s1. The maximum Gasteiger partial charge on any atom is 0.416 e. The predicted molar refractivity (Wildman–Crippen MR) is 108 cm³/mol. The van der Waals surface area contributed by atoms with Crippen LogP contribution >= 0.6 is 0 Å². The summed E-state index contributed by atoms with van der Waals surface area (Å²) in [7, 11) is 6.11. The Morgan fingerprint density at radius 3 is 2.35 bits per heavy atom. The fourth-order valence-electron chi connectivity index (χ4n) is 4.03. The number of carbonyl (C=O) groups excluding carboxylic acids is 2. The zero-order chi connectivity index (χ0) is 23.2. The first kappa shape index (κ1) is 25.1. The van der Waals surface area contributed by atoms with E-state index < -0.39 is 17.7 Å². The lowest BCUT2D eigenvalue weighted by molar-refractivity contribution is -0.879. The quantitative estimate of drug-likeness (QED) is 0.600. The number of nitrogens with one attached hydrogen (secondary N) is 1. The van der Waals surface area contributed by atoms with Gasteiger partial charge in [0, 0.05) is 37.6 Å². The average Bonchev–Trinajstić information content (AvgIpc) is 2.70. The van der Waals surface area contributed by atoms with Crippen LogP contribution in [0.25, 0.3) is 0 Å². The summed E-state index contributed by atoms with van der Waals surface area (Å²) in [4.78, 5) is 29.1. The minimum atomic E-state index is -4.45. The minimum absolute atomic E-state index is 0.0133. The molecule has 1 amide bonds. The molecule has 0 aromatic heterocycles. The lowest BCUT2D eigenvalue weighted by atomic mass is 9.81. The molecule has 1 aliphatic heterocycles. The van der Waals surface area contributed by atoms with Crippen LogP contribution in [0.3, 0.4) is 0 Å². The number of piperidine rings is 1. The molecule has 9 heteroatoms. The lowest BCUT2D eigenvalue weighted by Crippen LogP contribution is -3.09. The second-order valence-corrected chi connectivity index (χ2v) is 8.76. The molecular weight excluding hydrogens is 411 g/mol. The Morgan fingerprint density at radius 1 is 1.16 bits per heavy atom. The zero-order valence-corrected chi connectivity index (χ0v) is 18.4. The average molecular weight is 444 g/mol. The number of aliphatic carboxylic acids is 1. The van der Waals surface area contributed by atoms with Gasteiger partial charge >= 0.3 is 6.18 Å². The molecule has 0 aliphatic carbocycles. The highest BCUT2D eigenvalue weighted by Gasteiger charge is 2.33. The fraction of sp³-hybridized carbons (Fsp3) is 0.636. The van der Waals surface area contributed by atoms with Crippen LogP contribution in [0.1, 0.15) is 35.2 Å². The maximum absolute atomic E-state index is 12.9. The van der Waals surface area contributed by atoms with Gasteiger partial charge in [-0.3, -0.25) is 4.79 Å². The summed E-state index contributed by atoms with van der Waals surface area (Å²) < 4.78 is 38.3. The van der Waals surface area contributed by atoms with Crippen LogP contribution in [-0.2, 0) is 11.0 Å². The second-order valence-electron chi connectivity index (χ2n) is 8.76. The van der Waals surface area contributed by atoms with E-state index in [1.165, 1.54) is 17.0 Å². The fourth-order valence-corrected chi connectivity index (χ4v) is 4.03. The van der Waals surface area contributed by atoms with Crippen molar-refractivity contribution in [2.45, 2.75) is 25.4 Å². The summed E-state index contributed by atoms with van der Waals surface area (Å²) in [5, 5.41) is 11.2. The van der Waals surface area contributed by atoms with Crippen LogP contribution in [0.5, 0.6) is 0 Å². The van der Waals surface area contributed by atoms with Crippen molar-refractivity contribution in [2.75, 3.05) is 53.9 Å². The number of halogens is 3. The largest absolute Gasteiger partial charge is 0.550 e. The first-order valence-electron chi connectivity index (χ1n) is 10.6. The lowest BCUT2D eigenvalue weighted by Gasteiger charge is -2.39. The number of carboxylic acids is 1. The first-order valence-corrected chi connectivity index (χ1v) is 10.6. The Kier molecular flexibility index (Phi) is 8.88. The Labute approximate surface area is 181 Å². The van der Waals surface area contributed by atoms with E-state index in [9.17, 15) is 27.9 Å². The van der Waals surface area contributed by atoms with Gasteiger partial charge in [-0.2, -0.15) is 13.2 Å². The molecule has 1 fully saturated rings. The highest BCUT2D eigenvalue weighted by atomic mass is 19.4. The second kappa shape index (κ2) is 10.9. The van der Waals surface area contributed by atoms with Gasteiger partial charge in [-0.1, -0.05) is 0 Å².